The van der Waals surface area contributed by atoms with Crippen molar-refractivity contribution < 1.29 is 4.42 Å². The van der Waals surface area contributed by atoms with E-state index in [2.05, 4.69) is 206 Å². The first kappa shape index (κ1) is 72.1. The number of hydrogen-bond acceptors (Lipinski definition) is 14. The predicted octanol–water partition coefficient (Wildman–Crippen LogP) is 28.3. The van der Waals surface area contributed by atoms with E-state index in [-0.39, 0.29) is 0 Å². The molecule has 23 rings (SSSR count). The van der Waals surface area contributed by atoms with Gasteiger partial charge >= 0.3 is 0 Å². The highest BCUT2D eigenvalue weighted by Crippen LogP contribution is 2.49. The van der Waals surface area contributed by atoms with Crippen molar-refractivity contribution in [1.29, 1.82) is 0 Å². The van der Waals surface area contributed by atoms with E-state index in [9.17, 15) is 0 Å². The molecule has 123 heavy (non-hydrogen) atoms. The van der Waals surface area contributed by atoms with E-state index in [1.54, 1.807) is 11.3 Å². The van der Waals surface area contributed by atoms with Crippen LogP contribution < -0.4 is 0 Å². The molecule has 0 amide bonds. The normalized spacial score (nSPS) is 11.6. The summed E-state index contributed by atoms with van der Waals surface area (Å²) in [6.45, 7) is 0. The first-order chi connectivity index (χ1) is 60.9. The Bertz CT molecular complexity index is 7930. The zero-order valence-corrected chi connectivity index (χ0v) is 67.3. The van der Waals surface area contributed by atoms with Crippen LogP contribution in [0.4, 0.5) is 0 Å². The van der Waals surface area contributed by atoms with Crippen LogP contribution in [0.5, 0.6) is 0 Å². The van der Waals surface area contributed by atoms with Crippen LogP contribution in [0.15, 0.2) is 399 Å². The number of para-hydroxylation sites is 2. The smallest absolute Gasteiger partial charge is 0.167 e. The number of hydrogen-bond donors (Lipinski definition) is 0. The van der Waals surface area contributed by atoms with Gasteiger partial charge in [-0.15, -0.1) is 22.7 Å². The molecule has 0 radical (unpaired) electrons. The predicted molar refractivity (Wildman–Crippen MR) is 502 cm³/mol. The van der Waals surface area contributed by atoms with Crippen LogP contribution in [-0.2, 0) is 0 Å². The minimum Gasteiger partial charge on any atom is -0.455 e. The molecule has 574 valence electrons. The maximum atomic E-state index is 6.69. The molecule has 14 heteroatoms. The molecule has 12 nitrogen and oxygen atoms in total. The third-order valence-electron chi connectivity index (χ3n) is 22.7. The maximum absolute atomic E-state index is 6.69. The fraction of sp³-hybridized carbons (Fsp3) is 0. The molecule has 0 N–H and O–H groups in total. The molecule has 0 unspecified atom stereocenters. The number of benzene rings is 16. The topological polar surface area (TPSA) is 155 Å². The molecular formula is C109H65N11OS2. The summed E-state index contributed by atoms with van der Waals surface area (Å²) in [7, 11) is 0. The first-order valence-corrected chi connectivity index (χ1v) is 42.3. The van der Waals surface area contributed by atoms with Gasteiger partial charge < -0.3 is 4.42 Å². The molecule has 0 atom stereocenters. The van der Waals surface area contributed by atoms with E-state index in [1.165, 1.54) is 20.2 Å². The van der Waals surface area contributed by atoms with Gasteiger partial charge in [0.15, 0.2) is 58.2 Å². The molecule has 0 saturated heterocycles. The lowest BCUT2D eigenvalue weighted by Gasteiger charge is -2.14. The Morgan fingerprint density at radius 1 is 0.171 bits per heavy atom. The van der Waals surface area contributed by atoms with Crippen LogP contribution in [0.2, 0.25) is 0 Å². The van der Waals surface area contributed by atoms with Gasteiger partial charge in [-0.2, -0.15) is 0 Å². The summed E-state index contributed by atoms with van der Waals surface area (Å²) in [5, 5.41) is 6.61. The maximum Gasteiger partial charge on any atom is 0.167 e. The molecule has 0 bridgehead atoms. The zero-order valence-electron chi connectivity index (χ0n) is 65.7. The number of fused-ring (bicyclic) bond motifs is 9. The monoisotopic (exact) mass is 1610 g/mol. The lowest BCUT2D eigenvalue weighted by atomic mass is 9.93. The van der Waals surface area contributed by atoms with Crippen molar-refractivity contribution in [3.8, 4) is 181 Å². The highest BCUT2D eigenvalue weighted by molar-refractivity contribution is 7.26. The standard InChI is InChI=1S/C109H65N11OS2/c1-7-27-67(28-8-1)91-65-92(111-106(110-91)79-43-25-41-77(61-79)82-58-57-81(97-86-46-20-22-50-94(86)123-99(82)97)76-40-24-44-80(60-76)107-116-102(70-33-13-4-14-34-70)113-103(117-107)71-35-15-5-16-36-71)78-42-23-39-74(59-78)75-55-56-84-89-63-88(66-51-53-73(54-52-66)105-114-100(68-29-9-2-10-30-68)112-101(115-105)69-31-11-3-12-32-69)90(64-96(89)122-95(84)62-75)109-119-104(72-37-17-6-18-38-72)118-108(120-109)87-48-26-47-85-83-45-19-21-49-93(83)121-98(85)87/h1-65H. The van der Waals surface area contributed by atoms with E-state index in [4.69, 9.17) is 59.2 Å². The summed E-state index contributed by atoms with van der Waals surface area (Å²) in [5.74, 6) is 5.76. The average molecular weight is 1610 g/mol. The number of thiophene rings is 2. The highest BCUT2D eigenvalue weighted by atomic mass is 32.1. The number of nitrogens with zero attached hydrogens (tertiary/aromatic N) is 11. The largest absolute Gasteiger partial charge is 0.455 e. The fourth-order valence-corrected chi connectivity index (χ4v) is 19.1. The number of rotatable bonds is 16. The van der Waals surface area contributed by atoms with Gasteiger partial charge in [0, 0.05) is 112 Å². The quantitative estimate of drug-likeness (QED) is 0.0904. The van der Waals surface area contributed by atoms with Crippen molar-refractivity contribution in [2.75, 3.05) is 0 Å². The van der Waals surface area contributed by atoms with E-state index < -0.39 is 0 Å². The van der Waals surface area contributed by atoms with Gasteiger partial charge in [-0.25, -0.2) is 54.8 Å². The molecular weight excluding hydrogens is 1540 g/mol. The van der Waals surface area contributed by atoms with E-state index in [0.717, 1.165) is 159 Å². The third kappa shape index (κ3) is 13.6. The van der Waals surface area contributed by atoms with Gasteiger partial charge in [0.25, 0.3) is 0 Å². The van der Waals surface area contributed by atoms with Crippen LogP contribution in [0.3, 0.4) is 0 Å². The second-order valence-electron chi connectivity index (χ2n) is 30.3. The molecule has 23 aromatic rings. The van der Waals surface area contributed by atoms with E-state index in [1.807, 2.05) is 199 Å². The third-order valence-corrected chi connectivity index (χ3v) is 25.0. The Morgan fingerprint density at radius 3 is 1.14 bits per heavy atom. The van der Waals surface area contributed by atoms with Crippen molar-refractivity contribution in [3.05, 3.63) is 394 Å². The molecule has 0 spiro atoms. The van der Waals surface area contributed by atoms with Crippen molar-refractivity contribution in [2.24, 2.45) is 0 Å². The molecule has 0 fully saturated rings. The summed E-state index contributed by atoms with van der Waals surface area (Å²) in [6.07, 6.45) is 0. The summed E-state index contributed by atoms with van der Waals surface area (Å²) >= 11 is 3.57. The Kier molecular flexibility index (Phi) is 18.0. The van der Waals surface area contributed by atoms with Crippen LogP contribution in [0.25, 0.3) is 243 Å². The van der Waals surface area contributed by atoms with Crippen molar-refractivity contribution in [1.82, 2.24) is 54.8 Å². The van der Waals surface area contributed by atoms with Crippen LogP contribution in [0.1, 0.15) is 0 Å². The summed E-state index contributed by atoms with van der Waals surface area (Å²) in [4.78, 5) is 57.6. The van der Waals surface area contributed by atoms with Crippen LogP contribution in [-0.4, -0.2) is 54.8 Å². The first-order valence-electron chi connectivity index (χ1n) is 40.7. The lowest BCUT2D eigenvalue weighted by molar-refractivity contribution is 0.669. The minimum absolute atomic E-state index is 0.497. The average Bonchev–Trinajstić information content (AvgIpc) is 1.65. The Balaban J connectivity index is 0.620. The minimum atomic E-state index is 0.497. The second-order valence-corrected chi connectivity index (χ2v) is 32.5. The molecule has 0 aliphatic heterocycles. The lowest BCUT2D eigenvalue weighted by Crippen LogP contribution is -2.01. The van der Waals surface area contributed by atoms with Crippen molar-refractivity contribution in [2.45, 2.75) is 0 Å². The summed E-state index contributed by atoms with van der Waals surface area (Å²) in [5.41, 5.74) is 22.2. The number of aromatic nitrogens is 11. The summed E-state index contributed by atoms with van der Waals surface area (Å²) in [6, 6.07) is 137. The Hall–Kier alpha value is -16.1. The van der Waals surface area contributed by atoms with Gasteiger partial charge in [0.1, 0.15) is 11.2 Å². The molecule has 16 aromatic carbocycles. The van der Waals surface area contributed by atoms with Gasteiger partial charge in [0.2, 0.25) is 0 Å². The SMILES string of the molecule is c1ccc(-c2cc(-c3cccc(-c4ccc5c(c4)sc4cc(-c6nc(-c7ccccc7)nc(-c7cccc8c7oc7ccccc78)n6)c(-c6ccc(-c7nc(-c8ccccc8)nc(-c8ccccc8)n7)cc6)cc45)c3)nc(-c3cccc(-c4ccc(-c5cccc(-c6nc(-c7ccccc7)nc(-c7ccccc7)n6)c5)c5c4sc4ccccc45)c3)n2)cc1. The zero-order chi connectivity index (χ0) is 81.3. The molecule has 7 heterocycles. The number of furan rings is 1. The Morgan fingerprint density at radius 2 is 0.553 bits per heavy atom. The van der Waals surface area contributed by atoms with Gasteiger partial charge in [-0.05, 0) is 105 Å². The second kappa shape index (κ2) is 30.7. The molecule has 0 aliphatic carbocycles. The Labute approximate surface area is 714 Å². The highest BCUT2D eigenvalue weighted by Gasteiger charge is 2.25. The van der Waals surface area contributed by atoms with Crippen LogP contribution >= 0.6 is 22.7 Å². The van der Waals surface area contributed by atoms with Gasteiger partial charge in [0.05, 0.1) is 17.0 Å². The molecule has 0 saturated carbocycles. The van der Waals surface area contributed by atoms with Crippen molar-refractivity contribution >= 4 is 85.0 Å². The van der Waals surface area contributed by atoms with Crippen LogP contribution in [0, 0.1) is 0 Å². The summed E-state index contributed by atoms with van der Waals surface area (Å²) < 4.78 is 11.3. The van der Waals surface area contributed by atoms with Gasteiger partial charge in [-0.3, -0.25) is 0 Å². The molecule has 0 aliphatic rings. The van der Waals surface area contributed by atoms with E-state index >= 15 is 0 Å². The van der Waals surface area contributed by atoms with E-state index in [0.29, 0.717) is 63.8 Å². The molecule has 7 aromatic heterocycles. The fourth-order valence-electron chi connectivity index (χ4n) is 16.6. The van der Waals surface area contributed by atoms with Crippen molar-refractivity contribution in [3.63, 3.8) is 0 Å². The van der Waals surface area contributed by atoms with Gasteiger partial charge in [-0.1, -0.05) is 334 Å².